The Morgan fingerprint density at radius 2 is 0.958 bits per heavy atom. The lowest BCUT2D eigenvalue weighted by molar-refractivity contribution is -0.475. The highest BCUT2D eigenvalue weighted by Gasteiger charge is 2.97. The van der Waals surface area contributed by atoms with Gasteiger partial charge < -0.3 is 4.74 Å². The molecular weight excluding hydrogens is 390 g/mol. The Morgan fingerprint density at radius 3 is 1.21 bits per heavy atom. The molecule has 1 fully saturated rings. The normalized spacial score (nSPS) is 26.8. The van der Waals surface area contributed by atoms with E-state index in [0.717, 1.165) is 0 Å². The quantitative estimate of drug-likeness (QED) is 0.568. The van der Waals surface area contributed by atoms with Crippen LogP contribution in [0.5, 0.6) is 0 Å². The third kappa shape index (κ3) is 2.25. The van der Waals surface area contributed by atoms with Gasteiger partial charge in [0, 0.05) is 0 Å². The van der Waals surface area contributed by atoms with Crippen LogP contribution in [0, 0.1) is 5.41 Å². The number of halogens is 14. The molecule has 15 heteroatoms. The summed E-state index contributed by atoms with van der Waals surface area (Å²) in [5.74, 6) is -6.87. The number of ether oxygens (including phenoxy) is 1. The Bertz CT molecular complexity index is 452. The van der Waals surface area contributed by atoms with Crippen molar-refractivity contribution in [1.82, 2.24) is 0 Å². The molecule has 144 valence electrons. The highest BCUT2D eigenvalue weighted by atomic mass is 19.4. The van der Waals surface area contributed by atoms with E-state index >= 15 is 0 Å². The minimum Gasteiger partial charge on any atom is -0.342 e. The van der Waals surface area contributed by atoms with Crippen LogP contribution in [-0.2, 0) is 4.74 Å². The van der Waals surface area contributed by atoms with Crippen LogP contribution in [0.2, 0.25) is 0 Å². The van der Waals surface area contributed by atoms with Gasteiger partial charge in [0.2, 0.25) is 5.41 Å². The summed E-state index contributed by atoms with van der Waals surface area (Å²) in [4.78, 5) is 0. The SMILES string of the molecule is FC(F)(F)C(F)(C(F)(F)F)C1(F)OCCC1(C(F)(F)F)C(F)(F)F. The molecule has 0 aromatic carbocycles. The summed E-state index contributed by atoms with van der Waals surface area (Å²) in [6.07, 6.45) is -32.0. The molecule has 1 aliphatic heterocycles. The molecular formula is C9H4F14O. The fraction of sp³-hybridized carbons (Fsp3) is 1.00. The first-order valence-electron chi connectivity index (χ1n) is 5.49. The Labute approximate surface area is 122 Å². The highest BCUT2D eigenvalue weighted by molar-refractivity contribution is 5.19. The van der Waals surface area contributed by atoms with Crippen molar-refractivity contribution in [3.63, 3.8) is 0 Å². The van der Waals surface area contributed by atoms with Crippen molar-refractivity contribution in [3.8, 4) is 0 Å². The van der Waals surface area contributed by atoms with Crippen molar-refractivity contribution in [2.75, 3.05) is 6.61 Å². The summed E-state index contributed by atoms with van der Waals surface area (Å²) in [7, 11) is 0. The largest absolute Gasteiger partial charge is 0.437 e. The number of rotatable bonds is 1. The zero-order valence-corrected chi connectivity index (χ0v) is 10.6. The van der Waals surface area contributed by atoms with E-state index in [1.807, 2.05) is 0 Å². The molecule has 0 bridgehead atoms. The first kappa shape index (κ1) is 21.0. The van der Waals surface area contributed by atoms with E-state index in [1.54, 1.807) is 0 Å². The Balaban J connectivity index is 3.93. The zero-order valence-electron chi connectivity index (χ0n) is 10.6. The molecule has 0 amide bonds. The van der Waals surface area contributed by atoms with Crippen LogP contribution >= 0.6 is 0 Å². The Hall–Kier alpha value is -1.02. The maximum absolute atomic E-state index is 14.2. The molecule has 0 aromatic heterocycles. The van der Waals surface area contributed by atoms with Crippen LogP contribution in [0.15, 0.2) is 0 Å². The van der Waals surface area contributed by atoms with Crippen molar-refractivity contribution >= 4 is 0 Å². The van der Waals surface area contributed by atoms with Gasteiger partial charge in [-0.25, -0.2) is 8.78 Å². The van der Waals surface area contributed by atoms with Crippen molar-refractivity contribution in [1.29, 1.82) is 0 Å². The Morgan fingerprint density at radius 1 is 0.625 bits per heavy atom. The lowest BCUT2D eigenvalue weighted by Gasteiger charge is -2.47. The van der Waals surface area contributed by atoms with Gasteiger partial charge in [-0.1, -0.05) is 0 Å². The van der Waals surface area contributed by atoms with Gasteiger partial charge in [0.05, 0.1) is 6.61 Å². The summed E-state index contributed by atoms with van der Waals surface area (Å²) in [5.41, 5.74) is -14.0. The van der Waals surface area contributed by atoms with Gasteiger partial charge in [-0.15, -0.1) is 0 Å². The van der Waals surface area contributed by atoms with E-state index in [2.05, 4.69) is 4.74 Å². The van der Waals surface area contributed by atoms with Gasteiger partial charge >= 0.3 is 30.4 Å². The second-order valence-electron chi connectivity index (χ2n) is 4.75. The molecule has 1 unspecified atom stereocenters. The van der Waals surface area contributed by atoms with Crippen molar-refractivity contribution < 1.29 is 66.2 Å². The smallest absolute Gasteiger partial charge is 0.342 e. The van der Waals surface area contributed by atoms with E-state index in [-0.39, 0.29) is 0 Å². The first-order chi connectivity index (χ1) is 10.2. The maximum Gasteiger partial charge on any atom is 0.437 e. The third-order valence-electron chi connectivity index (χ3n) is 3.52. The van der Waals surface area contributed by atoms with Gasteiger partial charge in [-0.2, -0.15) is 52.7 Å². The topological polar surface area (TPSA) is 9.23 Å². The maximum atomic E-state index is 14.2. The highest BCUT2D eigenvalue weighted by Crippen LogP contribution is 2.71. The zero-order chi connectivity index (χ0) is 19.6. The summed E-state index contributed by atoms with van der Waals surface area (Å²) in [6, 6.07) is 0. The predicted molar refractivity (Wildman–Crippen MR) is 44.9 cm³/mol. The van der Waals surface area contributed by atoms with E-state index in [4.69, 9.17) is 0 Å². The van der Waals surface area contributed by atoms with Gasteiger partial charge in [-0.05, 0) is 6.42 Å². The average Bonchev–Trinajstić information content (AvgIpc) is 2.63. The third-order valence-corrected chi connectivity index (χ3v) is 3.52. The lowest BCUT2D eigenvalue weighted by atomic mass is 9.70. The summed E-state index contributed by atoms with van der Waals surface area (Å²) < 4.78 is 182. The molecule has 0 aliphatic carbocycles. The standard InChI is InChI=1S/C9H4F14O/c10-4(8(18,19)20,9(21,22)23)5(11)3(1-2-24-5,6(12,13)14)7(15,16)17/h1-2H2. The van der Waals surface area contributed by atoms with E-state index in [9.17, 15) is 61.5 Å². The van der Waals surface area contributed by atoms with Crippen LogP contribution in [0.4, 0.5) is 61.5 Å². The van der Waals surface area contributed by atoms with E-state index in [0.29, 0.717) is 0 Å². The second-order valence-corrected chi connectivity index (χ2v) is 4.75. The summed E-state index contributed by atoms with van der Waals surface area (Å²) >= 11 is 0. The van der Waals surface area contributed by atoms with E-state index in [1.165, 1.54) is 0 Å². The summed E-state index contributed by atoms with van der Waals surface area (Å²) in [5, 5.41) is 0. The Kier molecular flexibility index (Phi) is 4.38. The molecule has 1 saturated heterocycles. The molecule has 0 aromatic rings. The van der Waals surface area contributed by atoms with Gasteiger partial charge in [-0.3, -0.25) is 0 Å². The second kappa shape index (κ2) is 5.00. The minimum atomic E-state index is -7.59. The minimum absolute atomic E-state index is 2.19. The van der Waals surface area contributed by atoms with Crippen LogP contribution in [0.1, 0.15) is 6.42 Å². The van der Waals surface area contributed by atoms with E-state index < -0.39 is 54.7 Å². The molecule has 1 atom stereocenters. The molecule has 1 heterocycles. The van der Waals surface area contributed by atoms with Gasteiger partial charge in [0.15, 0.2) is 0 Å². The first-order valence-corrected chi connectivity index (χ1v) is 5.49. The lowest BCUT2D eigenvalue weighted by Crippen LogP contribution is -2.76. The van der Waals surface area contributed by atoms with Crippen molar-refractivity contribution in [2.45, 2.75) is 42.6 Å². The molecule has 0 spiro atoms. The van der Waals surface area contributed by atoms with Crippen LogP contribution in [0.3, 0.4) is 0 Å². The molecule has 1 rings (SSSR count). The van der Waals surface area contributed by atoms with Crippen LogP contribution in [-0.4, -0.2) is 42.8 Å². The molecule has 0 saturated carbocycles. The molecule has 0 N–H and O–H groups in total. The monoisotopic (exact) mass is 394 g/mol. The summed E-state index contributed by atoms with van der Waals surface area (Å²) in [6.45, 7) is -2.19. The fourth-order valence-electron chi connectivity index (χ4n) is 2.36. The molecule has 0 radical (unpaired) electrons. The van der Waals surface area contributed by atoms with Crippen molar-refractivity contribution in [2.24, 2.45) is 5.41 Å². The van der Waals surface area contributed by atoms with Gasteiger partial charge in [0.1, 0.15) is 0 Å². The number of hydrogen-bond donors (Lipinski definition) is 0. The number of alkyl halides is 14. The number of hydrogen-bond acceptors (Lipinski definition) is 1. The molecule has 1 aliphatic rings. The van der Waals surface area contributed by atoms with Gasteiger partial charge in [0.25, 0.3) is 5.85 Å². The predicted octanol–water partition coefficient (Wildman–Crippen LogP) is 5.02. The molecule has 1 nitrogen and oxygen atoms in total. The average molecular weight is 394 g/mol. The fourth-order valence-corrected chi connectivity index (χ4v) is 2.36. The van der Waals surface area contributed by atoms with Crippen molar-refractivity contribution in [3.05, 3.63) is 0 Å². The van der Waals surface area contributed by atoms with Crippen LogP contribution < -0.4 is 0 Å². The van der Waals surface area contributed by atoms with Crippen LogP contribution in [0.25, 0.3) is 0 Å². The molecule has 24 heavy (non-hydrogen) atoms.